The summed E-state index contributed by atoms with van der Waals surface area (Å²) in [6, 6.07) is 11.5. The molecule has 0 saturated carbocycles. The van der Waals surface area contributed by atoms with E-state index in [-0.39, 0.29) is 5.91 Å². The molecule has 0 aliphatic heterocycles. The Morgan fingerprint density at radius 3 is 2.47 bits per heavy atom. The van der Waals surface area contributed by atoms with Crippen LogP contribution in [0.3, 0.4) is 0 Å². The smallest absolute Gasteiger partial charge is 0.245 e. The Hall–Kier alpha value is -1.81. The van der Waals surface area contributed by atoms with Crippen LogP contribution in [0.1, 0.15) is 28.3 Å². The standard InChI is InChI=1S/C15H18N2OS/c1-3-12-8-9-13(19-12)14(15(16)18)17-11-6-4-10(2)5-7-11/h4-9,14,17H,3H2,1-2H3,(H2,16,18). The Labute approximate surface area is 117 Å². The average Bonchev–Trinajstić information content (AvgIpc) is 2.86. The predicted molar refractivity (Wildman–Crippen MR) is 80.4 cm³/mol. The number of hydrogen-bond acceptors (Lipinski definition) is 3. The van der Waals surface area contributed by atoms with Crippen molar-refractivity contribution in [2.75, 3.05) is 5.32 Å². The fraction of sp³-hybridized carbons (Fsp3) is 0.267. The highest BCUT2D eigenvalue weighted by Gasteiger charge is 2.19. The van der Waals surface area contributed by atoms with E-state index in [1.54, 1.807) is 11.3 Å². The van der Waals surface area contributed by atoms with E-state index in [4.69, 9.17) is 5.73 Å². The van der Waals surface area contributed by atoms with Gasteiger partial charge in [-0.2, -0.15) is 0 Å². The lowest BCUT2D eigenvalue weighted by Crippen LogP contribution is -2.26. The number of thiophene rings is 1. The van der Waals surface area contributed by atoms with Gasteiger partial charge in [0.25, 0.3) is 0 Å². The minimum Gasteiger partial charge on any atom is -0.369 e. The number of anilines is 1. The van der Waals surface area contributed by atoms with Crippen molar-refractivity contribution < 1.29 is 4.79 Å². The van der Waals surface area contributed by atoms with Crippen molar-refractivity contribution in [1.82, 2.24) is 0 Å². The van der Waals surface area contributed by atoms with Crippen LogP contribution >= 0.6 is 11.3 Å². The van der Waals surface area contributed by atoms with E-state index in [0.717, 1.165) is 17.0 Å². The maximum atomic E-state index is 11.6. The first kappa shape index (κ1) is 13.6. The van der Waals surface area contributed by atoms with Gasteiger partial charge in [-0.3, -0.25) is 4.79 Å². The number of benzene rings is 1. The van der Waals surface area contributed by atoms with Crippen LogP contribution in [0.5, 0.6) is 0 Å². The van der Waals surface area contributed by atoms with Crippen LogP contribution in [0.15, 0.2) is 36.4 Å². The molecule has 0 fully saturated rings. The average molecular weight is 274 g/mol. The topological polar surface area (TPSA) is 55.1 Å². The molecule has 1 unspecified atom stereocenters. The molecule has 2 rings (SSSR count). The van der Waals surface area contributed by atoms with Crippen molar-refractivity contribution in [2.45, 2.75) is 26.3 Å². The molecule has 2 aromatic rings. The number of amides is 1. The Kier molecular flexibility index (Phi) is 4.22. The van der Waals surface area contributed by atoms with E-state index in [2.05, 4.69) is 12.2 Å². The van der Waals surface area contributed by atoms with Gasteiger partial charge < -0.3 is 11.1 Å². The van der Waals surface area contributed by atoms with Gasteiger partial charge in [0.2, 0.25) is 5.91 Å². The van der Waals surface area contributed by atoms with E-state index in [1.807, 2.05) is 43.3 Å². The van der Waals surface area contributed by atoms with Gasteiger partial charge in [-0.25, -0.2) is 0 Å². The number of nitrogens with two attached hydrogens (primary N) is 1. The zero-order valence-electron chi connectivity index (χ0n) is 11.1. The van der Waals surface area contributed by atoms with E-state index >= 15 is 0 Å². The second-order valence-corrected chi connectivity index (χ2v) is 5.70. The Balaban J connectivity index is 2.21. The summed E-state index contributed by atoms with van der Waals surface area (Å²) in [7, 11) is 0. The second-order valence-electron chi connectivity index (χ2n) is 4.50. The van der Waals surface area contributed by atoms with Crippen LogP contribution in [0, 0.1) is 6.92 Å². The lowest BCUT2D eigenvalue weighted by molar-refractivity contribution is -0.118. The van der Waals surface area contributed by atoms with E-state index in [1.165, 1.54) is 10.4 Å². The maximum Gasteiger partial charge on any atom is 0.245 e. The van der Waals surface area contributed by atoms with Crippen molar-refractivity contribution in [3.05, 3.63) is 51.7 Å². The molecule has 3 nitrogen and oxygen atoms in total. The Bertz CT molecular complexity index is 560. The summed E-state index contributed by atoms with van der Waals surface area (Å²) >= 11 is 1.63. The molecule has 0 aliphatic rings. The van der Waals surface area contributed by atoms with E-state index in [9.17, 15) is 4.79 Å². The maximum absolute atomic E-state index is 11.6. The molecule has 1 heterocycles. The third kappa shape index (κ3) is 3.35. The predicted octanol–water partition coefficient (Wildman–Crippen LogP) is 3.26. The third-order valence-corrected chi connectivity index (χ3v) is 4.26. The molecule has 0 spiro atoms. The lowest BCUT2D eigenvalue weighted by Gasteiger charge is -2.15. The Morgan fingerprint density at radius 2 is 1.95 bits per heavy atom. The monoisotopic (exact) mass is 274 g/mol. The van der Waals surface area contributed by atoms with Crippen molar-refractivity contribution in [1.29, 1.82) is 0 Å². The molecule has 1 atom stereocenters. The highest BCUT2D eigenvalue weighted by molar-refractivity contribution is 7.12. The number of carbonyl (C=O) groups excluding carboxylic acids is 1. The van der Waals surface area contributed by atoms with Crippen LogP contribution in [0.2, 0.25) is 0 Å². The molecule has 1 aromatic heterocycles. The fourth-order valence-electron chi connectivity index (χ4n) is 1.84. The summed E-state index contributed by atoms with van der Waals surface area (Å²) < 4.78 is 0. The summed E-state index contributed by atoms with van der Waals surface area (Å²) in [4.78, 5) is 13.9. The first-order chi connectivity index (χ1) is 9.10. The molecular weight excluding hydrogens is 256 g/mol. The van der Waals surface area contributed by atoms with Crippen molar-refractivity contribution in [3.8, 4) is 0 Å². The minimum absolute atomic E-state index is 0.356. The largest absolute Gasteiger partial charge is 0.369 e. The summed E-state index contributed by atoms with van der Waals surface area (Å²) in [5, 5.41) is 3.20. The highest BCUT2D eigenvalue weighted by Crippen LogP contribution is 2.26. The third-order valence-electron chi connectivity index (χ3n) is 2.96. The van der Waals surface area contributed by atoms with Crippen molar-refractivity contribution in [3.63, 3.8) is 0 Å². The molecule has 4 heteroatoms. The normalized spacial score (nSPS) is 12.1. The quantitative estimate of drug-likeness (QED) is 0.879. The van der Waals surface area contributed by atoms with Gasteiger partial charge in [0.05, 0.1) is 0 Å². The molecule has 1 amide bonds. The van der Waals surface area contributed by atoms with Crippen LogP contribution in [0.4, 0.5) is 5.69 Å². The lowest BCUT2D eigenvalue weighted by atomic mass is 10.2. The Morgan fingerprint density at radius 1 is 1.26 bits per heavy atom. The first-order valence-electron chi connectivity index (χ1n) is 6.31. The molecule has 0 saturated heterocycles. The van der Waals surface area contributed by atoms with Crippen LogP contribution in [-0.4, -0.2) is 5.91 Å². The fourth-order valence-corrected chi connectivity index (χ4v) is 2.85. The molecular formula is C15H18N2OS. The van der Waals surface area contributed by atoms with Crippen molar-refractivity contribution >= 4 is 22.9 Å². The summed E-state index contributed by atoms with van der Waals surface area (Å²) in [6.45, 7) is 4.13. The van der Waals surface area contributed by atoms with Gasteiger partial charge in [-0.15, -0.1) is 11.3 Å². The van der Waals surface area contributed by atoms with Crippen molar-refractivity contribution in [2.24, 2.45) is 5.73 Å². The highest BCUT2D eigenvalue weighted by atomic mass is 32.1. The SMILES string of the molecule is CCc1ccc(C(Nc2ccc(C)cc2)C(N)=O)s1. The zero-order valence-corrected chi connectivity index (χ0v) is 12.0. The van der Waals surface area contributed by atoms with E-state index < -0.39 is 6.04 Å². The first-order valence-corrected chi connectivity index (χ1v) is 7.13. The van der Waals surface area contributed by atoms with Gasteiger partial charge >= 0.3 is 0 Å². The second kappa shape index (κ2) is 5.89. The van der Waals surface area contributed by atoms with Crippen LogP contribution in [-0.2, 0) is 11.2 Å². The molecule has 19 heavy (non-hydrogen) atoms. The molecule has 0 bridgehead atoms. The molecule has 100 valence electrons. The molecule has 3 N–H and O–H groups in total. The number of hydrogen-bond donors (Lipinski definition) is 2. The number of nitrogens with one attached hydrogen (secondary N) is 1. The minimum atomic E-state index is -0.465. The zero-order chi connectivity index (χ0) is 13.8. The number of aryl methyl sites for hydroxylation is 2. The van der Waals surface area contributed by atoms with Gasteiger partial charge in [0.1, 0.15) is 6.04 Å². The molecule has 0 radical (unpaired) electrons. The van der Waals surface area contributed by atoms with Gasteiger partial charge in [0, 0.05) is 15.4 Å². The van der Waals surface area contributed by atoms with Gasteiger partial charge in [-0.1, -0.05) is 24.6 Å². The summed E-state index contributed by atoms with van der Waals surface area (Å²) in [5.41, 5.74) is 7.59. The number of primary amides is 1. The van der Waals surface area contributed by atoms with Gasteiger partial charge in [-0.05, 0) is 37.6 Å². The van der Waals surface area contributed by atoms with Crippen LogP contribution < -0.4 is 11.1 Å². The molecule has 0 aliphatic carbocycles. The van der Waals surface area contributed by atoms with E-state index in [0.29, 0.717) is 0 Å². The summed E-state index contributed by atoms with van der Waals surface area (Å²) in [6.07, 6.45) is 0.973. The molecule has 1 aromatic carbocycles. The summed E-state index contributed by atoms with van der Waals surface area (Å²) in [5.74, 6) is -0.356. The van der Waals surface area contributed by atoms with Gasteiger partial charge in [0.15, 0.2) is 0 Å². The number of carbonyl (C=O) groups is 1. The van der Waals surface area contributed by atoms with Crippen LogP contribution in [0.25, 0.3) is 0 Å². The number of rotatable bonds is 5.